The van der Waals surface area contributed by atoms with E-state index in [1.807, 2.05) is 6.08 Å². The number of nitrogens with zero attached hydrogens (tertiary/aromatic N) is 1. The van der Waals surface area contributed by atoms with Gasteiger partial charge >= 0.3 is 0 Å². The second kappa shape index (κ2) is 7.59. The number of nitrogens with one attached hydrogen (secondary N) is 1. The van der Waals surface area contributed by atoms with Crippen molar-refractivity contribution in [1.82, 2.24) is 10.2 Å². The Balaban J connectivity index is 3.25. The summed E-state index contributed by atoms with van der Waals surface area (Å²) in [6.07, 6.45) is 1.94. The van der Waals surface area contributed by atoms with Crippen molar-refractivity contribution in [3.63, 3.8) is 0 Å². The van der Waals surface area contributed by atoms with E-state index in [1.165, 1.54) is 0 Å². The van der Waals surface area contributed by atoms with E-state index in [2.05, 4.69) is 31.1 Å². The van der Waals surface area contributed by atoms with Gasteiger partial charge in [-0.3, -0.25) is 0 Å². The molecule has 1 N–H and O–H groups in total. The van der Waals surface area contributed by atoms with E-state index in [1.54, 1.807) is 5.54 Å². The highest BCUT2D eigenvalue weighted by atomic mass is 35.5. The minimum atomic E-state index is 0.571. The van der Waals surface area contributed by atoms with Gasteiger partial charge in [-0.25, -0.2) is 0 Å². The van der Waals surface area contributed by atoms with Gasteiger partial charge in [0.1, 0.15) is 0 Å². The molecular weight excluding hydrogens is 172 g/mol. The second-order valence-corrected chi connectivity index (χ2v) is 3.48. The minimum absolute atomic E-state index is 0.571. The van der Waals surface area contributed by atoms with Crippen molar-refractivity contribution >= 4 is 11.6 Å². The fraction of sp³-hybridized carbons (Fsp3) is 0.778. The standard InChI is InChI=1S/C9H19ClN2/c1-9(2)11-6-8-12(3)7-4-5-10/h4-5,9,11H,6-8H2,1-3H3/b5-4+. The van der Waals surface area contributed by atoms with E-state index in [0.29, 0.717) is 6.04 Å². The number of hydrogen-bond donors (Lipinski definition) is 1. The van der Waals surface area contributed by atoms with Gasteiger partial charge in [-0.1, -0.05) is 31.5 Å². The summed E-state index contributed by atoms with van der Waals surface area (Å²) in [5, 5.41) is 3.35. The lowest BCUT2D eigenvalue weighted by Gasteiger charge is -2.15. The molecule has 0 saturated carbocycles. The Morgan fingerprint density at radius 1 is 1.50 bits per heavy atom. The van der Waals surface area contributed by atoms with Crippen molar-refractivity contribution in [2.24, 2.45) is 0 Å². The molecule has 0 radical (unpaired) electrons. The van der Waals surface area contributed by atoms with Crippen LogP contribution in [0.5, 0.6) is 0 Å². The third-order valence-electron chi connectivity index (χ3n) is 1.55. The van der Waals surface area contributed by atoms with Gasteiger partial charge in [0.2, 0.25) is 0 Å². The molecule has 0 amide bonds. The number of hydrogen-bond acceptors (Lipinski definition) is 2. The first-order valence-electron chi connectivity index (χ1n) is 4.34. The molecule has 0 heterocycles. The van der Waals surface area contributed by atoms with E-state index in [4.69, 9.17) is 11.6 Å². The molecule has 0 aliphatic carbocycles. The first-order chi connectivity index (χ1) is 5.66. The van der Waals surface area contributed by atoms with Crippen LogP contribution in [0.2, 0.25) is 0 Å². The molecule has 72 valence electrons. The van der Waals surface area contributed by atoms with Gasteiger partial charge in [-0.05, 0) is 7.05 Å². The molecular formula is C9H19ClN2. The van der Waals surface area contributed by atoms with Gasteiger partial charge in [0, 0.05) is 31.2 Å². The summed E-state index contributed by atoms with van der Waals surface area (Å²) < 4.78 is 0. The highest BCUT2D eigenvalue weighted by molar-refractivity contribution is 6.25. The smallest absolute Gasteiger partial charge is 0.0172 e. The Morgan fingerprint density at radius 3 is 2.67 bits per heavy atom. The molecule has 0 aromatic rings. The molecule has 0 aliphatic rings. The molecule has 0 saturated heterocycles. The maximum atomic E-state index is 5.41. The van der Waals surface area contributed by atoms with Crippen molar-refractivity contribution in [1.29, 1.82) is 0 Å². The summed E-state index contributed by atoms with van der Waals surface area (Å²) in [7, 11) is 2.08. The maximum Gasteiger partial charge on any atom is 0.0172 e. The van der Waals surface area contributed by atoms with E-state index >= 15 is 0 Å². The average Bonchev–Trinajstić information content (AvgIpc) is 2.00. The van der Waals surface area contributed by atoms with Crippen molar-refractivity contribution in [2.45, 2.75) is 19.9 Å². The van der Waals surface area contributed by atoms with Gasteiger partial charge < -0.3 is 10.2 Å². The summed E-state index contributed by atoms with van der Waals surface area (Å²) in [6.45, 7) is 7.31. The Kier molecular flexibility index (Phi) is 7.56. The molecule has 2 nitrogen and oxygen atoms in total. The van der Waals surface area contributed by atoms with Crippen LogP contribution in [0.1, 0.15) is 13.8 Å². The summed E-state index contributed by atoms with van der Waals surface area (Å²) in [5.41, 5.74) is 1.56. The zero-order valence-corrected chi connectivity index (χ0v) is 8.93. The lowest BCUT2D eigenvalue weighted by Crippen LogP contribution is -2.32. The highest BCUT2D eigenvalue weighted by Crippen LogP contribution is 1.85. The van der Waals surface area contributed by atoms with Crippen molar-refractivity contribution in [3.8, 4) is 0 Å². The van der Waals surface area contributed by atoms with Crippen molar-refractivity contribution < 1.29 is 0 Å². The van der Waals surface area contributed by atoms with Gasteiger partial charge in [-0.15, -0.1) is 0 Å². The fourth-order valence-corrected chi connectivity index (χ4v) is 0.935. The van der Waals surface area contributed by atoms with Crippen LogP contribution in [0.3, 0.4) is 0 Å². The van der Waals surface area contributed by atoms with Crippen LogP contribution < -0.4 is 5.32 Å². The molecule has 0 aliphatic heterocycles. The summed E-state index contributed by atoms with van der Waals surface area (Å²) in [4.78, 5) is 2.22. The first-order valence-corrected chi connectivity index (χ1v) is 4.77. The maximum absolute atomic E-state index is 5.41. The molecule has 0 fully saturated rings. The zero-order chi connectivity index (χ0) is 9.40. The number of halogens is 1. The second-order valence-electron chi connectivity index (χ2n) is 3.23. The summed E-state index contributed by atoms with van der Waals surface area (Å²) in [5.74, 6) is 0. The molecule has 0 atom stereocenters. The van der Waals surface area contributed by atoms with E-state index in [9.17, 15) is 0 Å². The van der Waals surface area contributed by atoms with E-state index in [0.717, 1.165) is 19.6 Å². The molecule has 0 spiro atoms. The third-order valence-corrected chi connectivity index (χ3v) is 1.73. The molecule has 0 unspecified atom stereocenters. The minimum Gasteiger partial charge on any atom is -0.313 e. The Labute approximate surface area is 80.6 Å². The summed E-state index contributed by atoms with van der Waals surface area (Å²) >= 11 is 5.41. The average molecular weight is 191 g/mol. The predicted molar refractivity (Wildman–Crippen MR) is 55.6 cm³/mol. The molecule has 12 heavy (non-hydrogen) atoms. The van der Waals surface area contributed by atoms with Crippen LogP contribution in [-0.2, 0) is 0 Å². The largest absolute Gasteiger partial charge is 0.313 e. The van der Waals surface area contributed by atoms with Crippen LogP contribution in [0, 0.1) is 0 Å². The Hall–Kier alpha value is -0.0500. The van der Waals surface area contributed by atoms with Gasteiger partial charge in [0.25, 0.3) is 0 Å². The van der Waals surface area contributed by atoms with E-state index in [-0.39, 0.29) is 0 Å². The number of likely N-dealkylation sites (N-methyl/N-ethyl adjacent to an activating group) is 1. The number of rotatable bonds is 6. The van der Waals surface area contributed by atoms with Crippen molar-refractivity contribution in [3.05, 3.63) is 11.6 Å². The lowest BCUT2D eigenvalue weighted by molar-refractivity contribution is 0.359. The zero-order valence-electron chi connectivity index (χ0n) is 8.18. The molecule has 0 bridgehead atoms. The van der Waals surface area contributed by atoms with Gasteiger partial charge in [-0.2, -0.15) is 0 Å². The van der Waals surface area contributed by atoms with Crippen LogP contribution in [0.15, 0.2) is 11.6 Å². The summed E-state index contributed by atoms with van der Waals surface area (Å²) in [6, 6.07) is 0.571. The Bertz CT molecular complexity index is 124. The van der Waals surface area contributed by atoms with Gasteiger partial charge in [0.15, 0.2) is 0 Å². The highest BCUT2D eigenvalue weighted by Gasteiger charge is 1.95. The predicted octanol–water partition coefficient (Wildman–Crippen LogP) is 1.67. The SMILES string of the molecule is CC(C)NCCN(C)C/C=C/Cl. The fourth-order valence-electron chi connectivity index (χ4n) is 0.855. The first kappa shape index (κ1) is 11.9. The van der Waals surface area contributed by atoms with Crippen LogP contribution in [0.25, 0.3) is 0 Å². The van der Waals surface area contributed by atoms with E-state index < -0.39 is 0 Å². The normalized spacial score (nSPS) is 12.2. The lowest BCUT2D eigenvalue weighted by atomic mass is 10.4. The molecule has 0 aromatic heterocycles. The quantitative estimate of drug-likeness (QED) is 0.686. The Morgan fingerprint density at radius 2 is 2.17 bits per heavy atom. The van der Waals surface area contributed by atoms with Gasteiger partial charge in [0.05, 0.1) is 0 Å². The topological polar surface area (TPSA) is 15.3 Å². The molecule has 3 heteroatoms. The van der Waals surface area contributed by atoms with Crippen LogP contribution in [-0.4, -0.2) is 37.6 Å². The van der Waals surface area contributed by atoms with Crippen LogP contribution >= 0.6 is 11.6 Å². The molecule has 0 rings (SSSR count). The third kappa shape index (κ3) is 8.05. The van der Waals surface area contributed by atoms with Crippen molar-refractivity contribution in [2.75, 3.05) is 26.7 Å². The molecule has 0 aromatic carbocycles. The monoisotopic (exact) mass is 190 g/mol. The van der Waals surface area contributed by atoms with Crippen LogP contribution in [0.4, 0.5) is 0 Å².